The lowest BCUT2D eigenvalue weighted by atomic mass is 9.94. The van der Waals surface area contributed by atoms with Crippen molar-refractivity contribution in [3.05, 3.63) is 87.4 Å². The van der Waals surface area contributed by atoms with Crippen LogP contribution in [0.4, 0.5) is 0 Å². The molecule has 2 N–H and O–H groups in total. The number of aromatic amines is 1. The number of aryl methyl sites for hydroxylation is 2. The first-order valence-corrected chi connectivity index (χ1v) is 12.4. The molecule has 0 aliphatic carbocycles. The fraction of sp³-hybridized carbons (Fsp3) is 0.393. The summed E-state index contributed by atoms with van der Waals surface area (Å²) in [5, 5.41) is 15.4. The van der Waals surface area contributed by atoms with Gasteiger partial charge in [0.25, 0.3) is 5.56 Å². The number of aliphatic hydroxyl groups is 1. The quantitative estimate of drug-likeness (QED) is 0.327. The second-order valence-corrected chi connectivity index (χ2v) is 9.04. The molecule has 0 amide bonds. The lowest BCUT2D eigenvalue weighted by molar-refractivity contribution is 0.151. The van der Waals surface area contributed by atoms with Crippen molar-refractivity contribution in [2.24, 2.45) is 0 Å². The van der Waals surface area contributed by atoms with Gasteiger partial charge in [-0.15, -0.1) is 0 Å². The molecule has 0 bridgehead atoms. The maximum Gasteiger partial charge on any atom is 0.277 e. The second kappa shape index (κ2) is 11.4. The van der Waals surface area contributed by atoms with E-state index in [1.165, 1.54) is 5.56 Å². The second-order valence-electron chi connectivity index (χ2n) is 9.04. The number of H-pyrrole nitrogens is 1. The first-order chi connectivity index (χ1) is 17.4. The Kier molecular flexibility index (Phi) is 8.05. The van der Waals surface area contributed by atoms with Gasteiger partial charge in [0.2, 0.25) is 0 Å². The van der Waals surface area contributed by atoms with Gasteiger partial charge in [-0.05, 0) is 63.3 Å². The van der Waals surface area contributed by atoms with Crippen molar-refractivity contribution in [1.82, 2.24) is 19.6 Å². The van der Waals surface area contributed by atoms with Gasteiger partial charge in [0.05, 0.1) is 25.5 Å². The number of hydrogen-bond acceptors (Lipinski definition) is 6. The smallest absolute Gasteiger partial charge is 0.277 e. The Balaban J connectivity index is 1.64. The van der Waals surface area contributed by atoms with Crippen molar-refractivity contribution in [1.29, 1.82) is 0 Å². The summed E-state index contributed by atoms with van der Waals surface area (Å²) in [5.74, 6) is 2.17. The number of nitrogens with zero attached hydrogens (tertiary/aromatic N) is 3. The summed E-state index contributed by atoms with van der Waals surface area (Å²) in [5.41, 5.74) is 2.95. The third kappa shape index (κ3) is 5.60. The van der Waals surface area contributed by atoms with E-state index < -0.39 is 6.10 Å². The predicted octanol–water partition coefficient (Wildman–Crippen LogP) is 4.21. The topological polar surface area (TPSA) is 102 Å². The Bertz CT molecular complexity index is 1360. The molecule has 0 aliphatic rings. The molecule has 8 heteroatoms. The van der Waals surface area contributed by atoms with Crippen LogP contribution in [0.5, 0.6) is 11.5 Å². The van der Waals surface area contributed by atoms with Gasteiger partial charge in [0, 0.05) is 12.3 Å². The van der Waals surface area contributed by atoms with Gasteiger partial charge >= 0.3 is 0 Å². The van der Waals surface area contributed by atoms with E-state index in [-0.39, 0.29) is 11.5 Å². The van der Waals surface area contributed by atoms with Gasteiger partial charge in [0.15, 0.2) is 17.0 Å². The van der Waals surface area contributed by atoms with E-state index in [2.05, 4.69) is 17.1 Å². The summed E-state index contributed by atoms with van der Waals surface area (Å²) in [7, 11) is 1.60. The van der Waals surface area contributed by atoms with E-state index in [1.807, 2.05) is 43.3 Å². The van der Waals surface area contributed by atoms with Gasteiger partial charge in [-0.1, -0.05) is 36.4 Å². The number of imidazole rings is 1. The minimum absolute atomic E-state index is 0.247. The van der Waals surface area contributed by atoms with Crippen molar-refractivity contribution in [2.75, 3.05) is 13.7 Å². The largest absolute Gasteiger partial charge is 0.493 e. The van der Waals surface area contributed by atoms with E-state index in [0.717, 1.165) is 24.8 Å². The van der Waals surface area contributed by atoms with Crippen LogP contribution >= 0.6 is 0 Å². The molecule has 2 atom stereocenters. The Morgan fingerprint density at radius 3 is 2.58 bits per heavy atom. The fourth-order valence-corrected chi connectivity index (χ4v) is 4.61. The first kappa shape index (κ1) is 25.4. The van der Waals surface area contributed by atoms with Crippen LogP contribution in [0.3, 0.4) is 0 Å². The number of fused-ring (bicyclic) bond motifs is 1. The normalized spacial score (nSPS) is 13.0. The molecule has 0 saturated carbocycles. The molecule has 0 aliphatic heterocycles. The molecule has 36 heavy (non-hydrogen) atoms. The molecule has 8 nitrogen and oxygen atoms in total. The average molecular weight is 491 g/mol. The van der Waals surface area contributed by atoms with E-state index in [0.29, 0.717) is 47.4 Å². The van der Waals surface area contributed by atoms with E-state index in [9.17, 15) is 9.90 Å². The summed E-state index contributed by atoms with van der Waals surface area (Å²) in [6.07, 6.45) is 2.29. The van der Waals surface area contributed by atoms with Crippen LogP contribution in [-0.4, -0.2) is 44.5 Å². The zero-order valence-electron chi connectivity index (χ0n) is 21.3. The molecule has 0 saturated heterocycles. The predicted molar refractivity (Wildman–Crippen MR) is 139 cm³/mol. The van der Waals surface area contributed by atoms with Gasteiger partial charge < -0.3 is 19.6 Å². The number of methoxy groups -OCH3 is 1. The van der Waals surface area contributed by atoms with Gasteiger partial charge in [0.1, 0.15) is 11.6 Å². The van der Waals surface area contributed by atoms with Crippen LogP contribution in [0.1, 0.15) is 61.1 Å². The van der Waals surface area contributed by atoms with E-state index in [4.69, 9.17) is 19.6 Å². The standard InChI is InChI=1S/C28H34N4O4/c1-5-36-24-16-21(14-15-23(24)35-4)17-25-30-28(34)26-18(2)29-27(32(26)31-25)22(19(3)33)13-9-12-20-10-7-6-8-11-20/h6-8,10-11,14-16,19,22,33H,5,9,12-13,17H2,1-4H3,(H,30,31,34). The van der Waals surface area contributed by atoms with Crippen molar-refractivity contribution in [3.8, 4) is 11.5 Å². The summed E-state index contributed by atoms with van der Waals surface area (Å²) >= 11 is 0. The third-order valence-electron chi connectivity index (χ3n) is 6.38. The molecular weight excluding hydrogens is 456 g/mol. The molecule has 190 valence electrons. The molecule has 2 unspecified atom stereocenters. The summed E-state index contributed by atoms with van der Waals surface area (Å²) in [4.78, 5) is 20.6. The maximum absolute atomic E-state index is 13.0. The number of nitrogens with one attached hydrogen (secondary N) is 1. The molecule has 0 fully saturated rings. The van der Waals surface area contributed by atoms with Crippen molar-refractivity contribution in [2.45, 2.75) is 58.5 Å². The highest BCUT2D eigenvalue weighted by molar-refractivity contribution is 5.50. The van der Waals surface area contributed by atoms with E-state index in [1.54, 1.807) is 25.5 Å². The van der Waals surface area contributed by atoms with Crippen LogP contribution in [0.15, 0.2) is 53.3 Å². The lowest BCUT2D eigenvalue weighted by Gasteiger charge is -2.18. The highest BCUT2D eigenvalue weighted by atomic mass is 16.5. The lowest BCUT2D eigenvalue weighted by Crippen LogP contribution is -2.22. The average Bonchev–Trinajstić information content (AvgIpc) is 3.19. The Hall–Kier alpha value is -3.65. The minimum Gasteiger partial charge on any atom is -0.493 e. The first-order valence-electron chi connectivity index (χ1n) is 12.4. The number of hydrogen-bond donors (Lipinski definition) is 2. The molecule has 4 aromatic rings. The molecular formula is C28H34N4O4. The fourth-order valence-electron chi connectivity index (χ4n) is 4.61. The molecule has 2 aromatic carbocycles. The van der Waals surface area contributed by atoms with Crippen LogP contribution in [0.25, 0.3) is 5.52 Å². The Labute approximate surface area is 210 Å². The number of ether oxygens (including phenoxy) is 2. The molecule has 2 heterocycles. The zero-order valence-corrected chi connectivity index (χ0v) is 21.3. The minimum atomic E-state index is -0.634. The maximum atomic E-state index is 13.0. The summed E-state index contributed by atoms with van der Waals surface area (Å²) in [6.45, 7) is 6.00. The van der Waals surface area contributed by atoms with Crippen molar-refractivity contribution in [3.63, 3.8) is 0 Å². The number of aromatic nitrogens is 4. The third-order valence-corrected chi connectivity index (χ3v) is 6.38. The molecule has 2 aromatic heterocycles. The van der Waals surface area contributed by atoms with Crippen LogP contribution in [-0.2, 0) is 12.8 Å². The number of rotatable bonds is 11. The molecule has 0 spiro atoms. The number of benzene rings is 2. The SMILES string of the molecule is CCOc1cc(Cc2nn3c(C(CCCc4ccccc4)C(C)O)nc(C)c3c(=O)[nH]2)ccc1OC. The van der Waals surface area contributed by atoms with Crippen molar-refractivity contribution >= 4 is 5.52 Å². The summed E-state index contributed by atoms with van der Waals surface area (Å²) in [6, 6.07) is 16.0. The Morgan fingerprint density at radius 2 is 1.89 bits per heavy atom. The molecule has 0 radical (unpaired) electrons. The van der Waals surface area contributed by atoms with Crippen molar-refractivity contribution < 1.29 is 14.6 Å². The highest BCUT2D eigenvalue weighted by Crippen LogP contribution is 2.29. The van der Waals surface area contributed by atoms with Gasteiger partial charge in [-0.25, -0.2) is 9.50 Å². The van der Waals surface area contributed by atoms with Crippen LogP contribution in [0.2, 0.25) is 0 Å². The summed E-state index contributed by atoms with van der Waals surface area (Å²) < 4.78 is 12.7. The van der Waals surface area contributed by atoms with Gasteiger partial charge in [-0.2, -0.15) is 5.10 Å². The number of aliphatic hydroxyl groups excluding tert-OH is 1. The molecule has 4 rings (SSSR count). The highest BCUT2D eigenvalue weighted by Gasteiger charge is 2.25. The van der Waals surface area contributed by atoms with Crippen LogP contribution < -0.4 is 15.0 Å². The zero-order chi connectivity index (χ0) is 25.7. The van der Waals surface area contributed by atoms with Crippen LogP contribution in [0, 0.1) is 6.92 Å². The monoisotopic (exact) mass is 490 g/mol. The Morgan fingerprint density at radius 1 is 1.11 bits per heavy atom. The van der Waals surface area contributed by atoms with E-state index >= 15 is 0 Å². The van der Waals surface area contributed by atoms with Gasteiger partial charge in [-0.3, -0.25) is 4.79 Å².